The fraction of sp³-hybridized carbons (Fsp3) is 0.516. The first-order valence-electron chi connectivity index (χ1n) is 14.0. The van der Waals surface area contributed by atoms with Crippen LogP contribution in [0.4, 0.5) is 0 Å². The Bertz CT molecular complexity index is 1500. The average molecular weight is 675 g/mol. The molecule has 2 bridgehead atoms. The summed E-state index contributed by atoms with van der Waals surface area (Å²) in [6.45, 7) is 5.78. The molecule has 1 aromatic carbocycles. The molecular weight excluding hydrogens is 639 g/mol. The highest BCUT2D eigenvalue weighted by molar-refractivity contribution is 14.1. The zero-order valence-corrected chi connectivity index (χ0v) is 25.2. The Morgan fingerprint density at radius 1 is 1.27 bits per heavy atom. The van der Waals surface area contributed by atoms with Crippen molar-refractivity contribution >= 4 is 49.2 Å². The Kier molecular flexibility index (Phi) is 6.80. The van der Waals surface area contributed by atoms with Gasteiger partial charge in [0, 0.05) is 52.0 Å². The first-order valence-corrected chi connectivity index (χ1v) is 15.1. The maximum absolute atomic E-state index is 14.5. The van der Waals surface area contributed by atoms with Crippen LogP contribution >= 0.6 is 22.6 Å². The molecule has 0 saturated heterocycles. The molecule has 2 aromatic rings. The van der Waals surface area contributed by atoms with Crippen molar-refractivity contribution in [1.29, 1.82) is 0 Å². The van der Waals surface area contributed by atoms with Crippen LogP contribution < -0.4 is 5.32 Å². The summed E-state index contributed by atoms with van der Waals surface area (Å²) < 4.78 is 4.73. The average Bonchev–Trinajstić information content (AvgIpc) is 3.53. The predicted octanol–water partition coefficient (Wildman–Crippen LogP) is 2.72. The summed E-state index contributed by atoms with van der Waals surface area (Å²) >= 11 is 1.65. The molecule has 9 atom stereocenters. The van der Waals surface area contributed by atoms with Gasteiger partial charge in [-0.25, -0.2) is 4.79 Å². The third-order valence-corrected chi connectivity index (χ3v) is 11.8. The molecule has 0 aliphatic heterocycles. The number of aromatic amines is 1. The molecule has 4 aliphatic carbocycles. The maximum Gasteiger partial charge on any atom is 0.328 e. The summed E-state index contributed by atoms with van der Waals surface area (Å²) in [5, 5.41) is 37.4. The molecule has 9 nitrogen and oxygen atoms in total. The zero-order valence-electron chi connectivity index (χ0n) is 23.0. The number of ether oxygens (including phenoxy) is 1. The van der Waals surface area contributed by atoms with Crippen LogP contribution in [-0.4, -0.2) is 66.9 Å². The Balaban J connectivity index is 1.43. The topological polar surface area (TPSA) is 149 Å². The molecule has 218 valence electrons. The Hall–Kier alpha value is -2.54. The largest absolute Gasteiger partial charge is 0.467 e. The van der Waals surface area contributed by atoms with Crippen molar-refractivity contribution < 1.29 is 34.4 Å². The summed E-state index contributed by atoms with van der Waals surface area (Å²) in [5.74, 6) is -2.81. The number of carbonyl (C=O) groups excluding carboxylic acids is 3. The number of H-pyrrole nitrogens is 1. The number of carbonyl (C=O) groups is 3. The molecule has 0 unspecified atom stereocenters. The van der Waals surface area contributed by atoms with E-state index in [2.05, 4.69) is 16.9 Å². The van der Waals surface area contributed by atoms with Crippen molar-refractivity contribution in [2.24, 2.45) is 28.6 Å². The zero-order chi connectivity index (χ0) is 29.5. The highest BCUT2D eigenvalue weighted by atomic mass is 127. The van der Waals surface area contributed by atoms with Gasteiger partial charge in [-0.15, -0.1) is 0 Å². The molecule has 10 heteroatoms. The number of aromatic nitrogens is 1. The molecule has 0 radical (unpaired) electrons. The van der Waals surface area contributed by atoms with Crippen molar-refractivity contribution in [2.75, 3.05) is 7.11 Å². The number of halogens is 1. The number of nitrogens with one attached hydrogen (secondary N) is 2. The quantitative estimate of drug-likeness (QED) is 0.137. The molecule has 1 spiro atoms. The normalized spacial score (nSPS) is 38.1. The fourth-order valence-electron chi connectivity index (χ4n) is 8.66. The lowest BCUT2D eigenvalue weighted by molar-refractivity contribution is -0.150. The van der Waals surface area contributed by atoms with Crippen LogP contribution in [-0.2, 0) is 25.5 Å². The van der Waals surface area contributed by atoms with E-state index < -0.39 is 58.4 Å². The minimum absolute atomic E-state index is 0.180. The van der Waals surface area contributed by atoms with Crippen LogP contribution in [0.25, 0.3) is 10.9 Å². The van der Waals surface area contributed by atoms with Gasteiger partial charge in [-0.1, -0.05) is 36.4 Å². The minimum Gasteiger partial charge on any atom is -0.467 e. The molecule has 3 fully saturated rings. The van der Waals surface area contributed by atoms with E-state index in [1.54, 1.807) is 35.6 Å². The molecule has 1 amide bonds. The van der Waals surface area contributed by atoms with E-state index in [-0.39, 0.29) is 16.1 Å². The number of esters is 1. The highest BCUT2D eigenvalue weighted by Crippen LogP contribution is 2.73. The lowest BCUT2D eigenvalue weighted by Gasteiger charge is -2.46. The SMILES string of the molecule is C=C1C[C@]23C[C@@]1(O)CC[C@H]2C1=C[C@@H](O)[C@H](O)[C@@](C)(C(=O)I)[C@H]1[C@@H]3C(=O)N[C@@H](Cc1c[nH]c2ccccc12)C(=O)OC. The third kappa shape index (κ3) is 4.00. The lowest BCUT2D eigenvalue weighted by atomic mass is 9.60. The number of allylic oxidation sites excluding steroid dienone is 1. The smallest absolute Gasteiger partial charge is 0.328 e. The van der Waals surface area contributed by atoms with Crippen LogP contribution in [0.5, 0.6) is 0 Å². The van der Waals surface area contributed by atoms with Gasteiger partial charge in [-0.2, -0.15) is 0 Å². The number of aliphatic hydroxyl groups is 3. The van der Waals surface area contributed by atoms with E-state index in [0.717, 1.165) is 22.0 Å². The second-order valence-electron chi connectivity index (χ2n) is 12.6. The van der Waals surface area contributed by atoms with Crippen LogP contribution in [0.15, 0.2) is 54.3 Å². The van der Waals surface area contributed by atoms with E-state index in [1.165, 1.54) is 7.11 Å². The second kappa shape index (κ2) is 9.75. The number of amides is 1. The molecular formula is C31H35IN2O7. The van der Waals surface area contributed by atoms with Gasteiger partial charge in [-0.3, -0.25) is 9.59 Å². The summed E-state index contributed by atoms with van der Waals surface area (Å²) in [6.07, 6.45) is 2.62. The van der Waals surface area contributed by atoms with Crippen LogP contribution in [0.3, 0.4) is 0 Å². The molecule has 4 aliphatic rings. The molecule has 6 rings (SSSR count). The van der Waals surface area contributed by atoms with E-state index in [0.29, 0.717) is 31.3 Å². The second-order valence-corrected chi connectivity index (χ2v) is 13.6. The summed E-state index contributed by atoms with van der Waals surface area (Å²) in [6, 6.07) is 6.66. The van der Waals surface area contributed by atoms with E-state index in [9.17, 15) is 29.7 Å². The van der Waals surface area contributed by atoms with Crippen molar-refractivity contribution in [3.63, 3.8) is 0 Å². The Labute approximate surface area is 251 Å². The molecule has 1 heterocycles. The van der Waals surface area contributed by atoms with Gasteiger partial charge in [0.25, 0.3) is 0 Å². The number of methoxy groups -OCH3 is 1. The number of hydrogen-bond acceptors (Lipinski definition) is 7. The summed E-state index contributed by atoms with van der Waals surface area (Å²) in [5.41, 5.74) is -0.189. The number of hydrogen-bond donors (Lipinski definition) is 5. The van der Waals surface area contributed by atoms with Gasteiger partial charge in [0.05, 0.1) is 36.3 Å². The molecule has 5 N–H and O–H groups in total. The number of aliphatic hydroxyl groups excluding tert-OH is 2. The predicted molar refractivity (Wildman–Crippen MR) is 159 cm³/mol. The van der Waals surface area contributed by atoms with Crippen molar-refractivity contribution in [1.82, 2.24) is 10.3 Å². The number of fused-ring (bicyclic) bond motifs is 4. The van der Waals surface area contributed by atoms with Gasteiger partial charge < -0.3 is 30.4 Å². The van der Waals surface area contributed by atoms with Crippen LogP contribution in [0, 0.1) is 28.6 Å². The van der Waals surface area contributed by atoms with Crippen molar-refractivity contribution in [3.8, 4) is 0 Å². The molecule has 41 heavy (non-hydrogen) atoms. The number of benzene rings is 1. The van der Waals surface area contributed by atoms with Crippen molar-refractivity contribution in [3.05, 3.63) is 59.8 Å². The monoisotopic (exact) mass is 674 g/mol. The standard InChI is InChI=1S/C31H35IN2O7/c1-15-12-30-14-31(15,40)9-8-19(30)18-11-22(35)25(36)29(2,28(32)39)23(18)24(30)26(37)34-21(27(38)41-3)10-16-13-33-20-7-5-4-6-17(16)20/h4-7,11,13,19,21-25,33,35-36,40H,1,8-10,12,14H2,2-3H3,(H,34,37)/t19-,21-,22+,23+,24+,25-,29-,30-,31-/m0/s1. The first-order chi connectivity index (χ1) is 19.4. The Morgan fingerprint density at radius 2 is 2.00 bits per heavy atom. The van der Waals surface area contributed by atoms with Gasteiger partial charge in [0.2, 0.25) is 9.70 Å². The molecule has 3 saturated carbocycles. The maximum atomic E-state index is 14.5. The van der Waals surface area contributed by atoms with Gasteiger partial charge in [0.1, 0.15) is 6.04 Å². The van der Waals surface area contributed by atoms with Crippen LogP contribution in [0.2, 0.25) is 0 Å². The van der Waals surface area contributed by atoms with Crippen LogP contribution in [0.1, 0.15) is 38.2 Å². The molecule has 1 aromatic heterocycles. The van der Waals surface area contributed by atoms with E-state index in [1.807, 2.05) is 30.5 Å². The number of para-hydroxylation sites is 1. The minimum atomic E-state index is -1.46. The van der Waals surface area contributed by atoms with E-state index in [4.69, 9.17) is 4.74 Å². The van der Waals surface area contributed by atoms with Gasteiger partial charge in [-0.05, 0) is 61.1 Å². The summed E-state index contributed by atoms with van der Waals surface area (Å²) in [4.78, 5) is 44.0. The first kappa shape index (κ1) is 28.6. The Morgan fingerprint density at radius 3 is 2.71 bits per heavy atom. The van der Waals surface area contributed by atoms with Gasteiger partial charge in [0.15, 0.2) is 0 Å². The van der Waals surface area contributed by atoms with Crippen molar-refractivity contribution in [2.45, 2.75) is 62.9 Å². The van der Waals surface area contributed by atoms with E-state index >= 15 is 0 Å². The summed E-state index contributed by atoms with van der Waals surface area (Å²) in [7, 11) is 1.27. The fourth-order valence-corrected chi connectivity index (χ4v) is 9.31. The number of rotatable bonds is 6. The lowest BCUT2D eigenvalue weighted by Crippen LogP contribution is -2.57. The highest BCUT2D eigenvalue weighted by Gasteiger charge is 2.73. The van der Waals surface area contributed by atoms with Gasteiger partial charge >= 0.3 is 5.97 Å². The third-order valence-electron chi connectivity index (χ3n) is 10.6.